The number of amides is 1. The normalized spacial score (nSPS) is 22.3. The molecule has 0 aliphatic heterocycles. The first-order chi connectivity index (χ1) is 17.1. The van der Waals surface area contributed by atoms with Crippen molar-refractivity contribution in [2.45, 2.75) is 76.8 Å². The van der Waals surface area contributed by atoms with Crippen LogP contribution in [-0.4, -0.2) is 48.1 Å². The van der Waals surface area contributed by atoms with Gasteiger partial charge in [0.2, 0.25) is 5.91 Å². The summed E-state index contributed by atoms with van der Waals surface area (Å²) >= 11 is 1.68. The van der Waals surface area contributed by atoms with E-state index in [0.29, 0.717) is 6.04 Å². The standard InChI is InChI=1S/C28H40N4O2S/c1-3-17-32(23-13-14-24-26(19-23)35-28(29)31-24)18-16-20-8-11-22(12-9-20)30-27(33)15-10-21-6-4-5-7-25(21)34-2/h4-7,10,15,20,22-23H,3,8-9,11-14,16-19H2,1-2H3,(H2,29,31)(H,30,33). The van der Waals surface area contributed by atoms with Gasteiger partial charge in [-0.2, -0.15) is 0 Å². The van der Waals surface area contributed by atoms with Gasteiger partial charge in [-0.3, -0.25) is 4.79 Å². The van der Waals surface area contributed by atoms with Crippen LogP contribution < -0.4 is 15.8 Å². The average Bonchev–Trinajstić information content (AvgIpc) is 3.25. The molecular formula is C28H40N4O2S. The number of ether oxygens (including phenoxy) is 1. The van der Waals surface area contributed by atoms with Crippen LogP contribution in [0.2, 0.25) is 0 Å². The summed E-state index contributed by atoms with van der Waals surface area (Å²) in [6.45, 7) is 4.62. The van der Waals surface area contributed by atoms with Crippen LogP contribution >= 0.6 is 11.3 Å². The topological polar surface area (TPSA) is 80.5 Å². The van der Waals surface area contributed by atoms with Gasteiger partial charge in [-0.05, 0) is 88.9 Å². The average molecular weight is 497 g/mol. The van der Waals surface area contributed by atoms with Crippen LogP contribution in [0.3, 0.4) is 0 Å². The van der Waals surface area contributed by atoms with Crippen LogP contribution in [0.5, 0.6) is 5.75 Å². The first kappa shape index (κ1) is 25.7. The third-order valence-corrected chi connectivity index (χ3v) is 8.48. The highest BCUT2D eigenvalue weighted by molar-refractivity contribution is 7.15. The highest BCUT2D eigenvalue weighted by Gasteiger charge is 2.28. The monoisotopic (exact) mass is 496 g/mol. The molecule has 1 aromatic heterocycles. The fraction of sp³-hybridized carbons (Fsp3) is 0.571. The number of thiazole rings is 1. The number of benzene rings is 1. The molecule has 2 aromatic rings. The van der Waals surface area contributed by atoms with E-state index in [4.69, 9.17) is 10.5 Å². The van der Waals surface area contributed by atoms with E-state index in [0.717, 1.165) is 54.6 Å². The van der Waals surface area contributed by atoms with Gasteiger partial charge in [0.05, 0.1) is 12.8 Å². The number of hydrogen-bond acceptors (Lipinski definition) is 6. The molecule has 1 atom stereocenters. The van der Waals surface area contributed by atoms with E-state index < -0.39 is 0 Å². The molecule has 2 aliphatic carbocycles. The van der Waals surface area contributed by atoms with Crippen LogP contribution in [-0.2, 0) is 17.6 Å². The van der Waals surface area contributed by atoms with Crippen LogP contribution in [0, 0.1) is 5.92 Å². The maximum atomic E-state index is 12.5. The van der Waals surface area contributed by atoms with Crippen LogP contribution in [0.1, 0.15) is 68.0 Å². The zero-order valence-electron chi connectivity index (χ0n) is 21.2. The number of carbonyl (C=O) groups excluding carboxylic acids is 1. The first-order valence-electron chi connectivity index (χ1n) is 13.1. The van der Waals surface area contributed by atoms with Gasteiger partial charge >= 0.3 is 0 Å². The van der Waals surface area contributed by atoms with E-state index in [2.05, 4.69) is 22.1 Å². The number of nitrogens with two attached hydrogens (primary N) is 1. The Morgan fingerprint density at radius 2 is 2.03 bits per heavy atom. The highest BCUT2D eigenvalue weighted by atomic mass is 32.1. The van der Waals surface area contributed by atoms with E-state index in [9.17, 15) is 4.79 Å². The van der Waals surface area contributed by atoms with Crippen molar-refractivity contribution in [2.75, 3.05) is 25.9 Å². The van der Waals surface area contributed by atoms with Gasteiger partial charge in [0.15, 0.2) is 5.13 Å². The molecule has 35 heavy (non-hydrogen) atoms. The number of aromatic nitrogens is 1. The summed E-state index contributed by atoms with van der Waals surface area (Å²) in [7, 11) is 1.65. The summed E-state index contributed by atoms with van der Waals surface area (Å²) in [5, 5.41) is 3.92. The Hall–Kier alpha value is -2.38. The molecule has 0 bridgehead atoms. The predicted octanol–water partition coefficient (Wildman–Crippen LogP) is 5.08. The Kier molecular flexibility index (Phi) is 9.21. The minimum absolute atomic E-state index is 0.0196. The molecule has 1 saturated carbocycles. The maximum absolute atomic E-state index is 12.5. The molecule has 0 radical (unpaired) electrons. The summed E-state index contributed by atoms with van der Waals surface area (Å²) in [4.78, 5) is 21.1. The molecule has 190 valence electrons. The Morgan fingerprint density at radius 1 is 1.23 bits per heavy atom. The number of aryl methyl sites for hydroxylation is 1. The molecule has 1 heterocycles. The highest BCUT2D eigenvalue weighted by Crippen LogP contribution is 2.32. The van der Waals surface area contributed by atoms with E-state index in [1.54, 1.807) is 24.5 Å². The molecule has 1 amide bonds. The third-order valence-electron chi connectivity index (χ3n) is 7.53. The minimum Gasteiger partial charge on any atom is -0.496 e. The number of carbonyl (C=O) groups is 1. The minimum atomic E-state index is -0.0196. The second-order valence-corrected chi connectivity index (χ2v) is 11.1. The van der Waals surface area contributed by atoms with Gasteiger partial charge in [0.1, 0.15) is 5.75 Å². The van der Waals surface area contributed by atoms with E-state index in [1.807, 2.05) is 30.3 Å². The first-order valence-corrected chi connectivity index (χ1v) is 14.0. The molecule has 0 spiro atoms. The van der Waals surface area contributed by atoms with Crippen molar-refractivity contribution < 1.29 is 9.53 Å². The van der Waals surface area contributed by atoms with Crippen molar-refractivity contribution in [3.63, 3.8) is 0 Å². The van der Waals surface area contributed by atoms with Gasteiger partial charge < -0.3 is 20.7 Å². The van der Waals surface area contributed by atoms with Gasteiger partial charge in [0, 0.05) is 28.6 Å². The second-order valence-electron chi connectivity index (χ2n) is 9.94. The van der Waals surface area contributed by atoms with Gasteiger partial charge in [-0.25, -0.2) is 4.98 Å². The number of anilines is 1. The van der Waals surface area contributed by atoms with E-state index in [-0.39, 0.29) is 11.9 Å². The van der Waals surface area contributed by atoms with Crippen LogP contribution in [0.15, 0.2) is 30.3 Å². The van der Waals surface area contributed by atoms with Crippen molar-refractivity contribution in [2.24, 2.45) is 5.92 Å². The van der Waals surface area contributed by atoms with Crippen molar-refractivity contribution in [1.29, 1.82) is 0 Å². The largest absolute Gasteiger partial charge is 0.496 e. The second kappa shape index (κ2) is 12.5. The SMILES string of the molecule is CCCN(CCC1CCC(NC(=O)C=Cc2ccccc2OC)CC1)C1CCc2nc(N)sc2C1. The lowest BCUT2D eigenvalue weighted by molar-refractivity contribution is -0.117. The number of fused-ring (bicyclic) bond motifs is 1. The van der Waals surface area contributed by atoms with Crippen LogP contribution in [0.4, 0.5) is 5.13 Å². The number of nitrogens with zero attached hydrogens (tertiary/aromatic N) is 2. The molecule has 7 heteroatoms. The van der Waals surface area contributed by atoms with Crippen molar-refractivity contribution in [1.82, 2.24) is 15.2 Å². The maximum Gasteiger partial charge on any atom is 0.244 e. The zero-order valence-corrected chi connectivity index (χ0v) is 22.0. The number of nitrogens with one attached hydrogen (secondary N) is 1. The van der Waals surface area contributed by atoms with E-state index in [1.165, 1.54) is 49.2 Å². The van der Waals surface area contributed by atoms with Gasteiger partial charge in [-0.15, -0.1) is 11.3 Å². The third kappa shape index (κ3) is 7.07. The van der Waals surface area contributed by atoms with Crippen molar-refractivity contribution >= 4 is 28.5 Å². The van der Waals surface area contributed by atoms with Crippen LogP contribution in [0.25, 0.3) is 6.08 Å². The fourth-order valence-electron chi connectivity index (χ4n) is 5.62. The molecular weight excluding hydrogens is 456 g/mol. The summed E-state index contributed by atoms with van der Waals surface area (Å²) in [5.41, 5.74) is 8.10. The summed E-state index contributed by atoms with van der Waals surface area (Å²) in [6.07, 6.45) is 13.8. The summed E-state index contributed by atoms with van der Waals surface area (Å²) in [5.74, 6) is 1.51. The lowest BCUT2D eigenvalue weighted by Gasteiger charge is -2.36. The predicted molar refractivity (Wildman–Crippen MR) is 145 cm³/mol. The van der Waals surface area contributed by atoms with Gasteiger partial charge in [0.25, 0.3) is 0 Å². The van der Waals surface area contributed by atoms with Crippen molar-refractivity contribution in [3.05, 3.63) is 46.5 Å². The molecule has 6 nitrogen and oxygen atoms in total. The summed E-state index contributed by atoms with van der Waals surface area (Å²) in [6, 6.07) is 8.63. The molecule has 1 fully saturated rings. The van der Waals surface area contributed by atoms with Gasteiger partial charge in [-0.1, -0.05) is 25.1 Å². The molecule has 0 saturated heterocycles. The summed E-state index contributed by atoms with van der Waals surface area (Å²) < 4.78 is 5.36. The number of methoxy groups -OCH3 is 1. The lowest BCUT2D eigenvalue weighted by Crippen LogP contribution is -2.41. The van der Waals surface area contributed by atoms with E-state index >= 15 is 0 Å². The number of hydrogen-bond donors (Lipinski definition) is 2. The fourth-order valence-corrected chi connectivity index (χ4v) is 6.57. The van der Waals surface area contributed by atoms with Crippen molar-refractivity contribution in [3.8, 4) is 5.75 Å². The Balaban J connectivity index is 1.20. The Bertz CT molecular complexity index is 997. The Labute approximate surface area is 214 Å². The molecule has 4 rings (SSSR count). The number of rotatable bonds is 10. The number of nitrogen functional groups attached to an aromatic ring is 1. The Morgan fingerprint density at radius 3 is 2.80 bits per heavy atom. The number of para-hydroxylation sites is 1. The molecule has 3 N–H and O–H groups in total. The lowest BCUT2D eigenvalue weighted by atomic mass is 9.83. The molecule has 1 unspecified atom stereocenters. The smallest absolute Gasteiger partial charge is 0.244 e. The molecule has 1 aromatic carbocycles. The zero-order chi connectivity index (χ0) is 24.6. The molecule has 2 aliphatic rings. The quantitative estimate of drug-likeness (QED) is 0.448.